The van der Waals surface area contributed by atoms with E-state index in [1.165, 1.54) is 29.0 Å². The lowest BCUT2D eigenvalue weighted by atomic mass is 10.2. The number of halogens is 1. The third-order valence-corrected chi connectivity index (χ3v) is 8.42. The SMILES string of the molecule is COCCN1CCN(Cc2ccc(-c3cc4nccc(Oc5ccc(NC(=O)NC6CC6)cc5F)c4s3)nc2)CC1. The van der Waals surface area contributed by atoms with E-state index >= 15 is 0 Å². The summed E-state index contributed by atoms with van der Waals surface area (Å²) in [4.78, 5) is 27.0. The highest BCUT2D eigenvalue weighted by molar-refractivity contribution is 7.22. The van der Waals surface area contributed by atoms with Gasteiger partial charge < -0.3 is 20.1 Å². The summed E-state index contributed by atoms with van der Waals surface area (Å²) in [6, 6.07) is 12.2. The number of carbonyl (C=O) groups is 1. The Kier molecular flexibility index (Phi) is 8.38. The molecule has 0 unspecified atom stereocenters. The van der Waals surface area contributed by atoms with Gasteiger partial charge in [0, 0.05) is 82.6 Å². The summed E-state index contributed by atoms with van der Waals surface area (Å²) in [5.41, 5.74) is 3.17. The van der Waals surface area contributed by atoms with Gasteiger partial charge in [0.25, 0.3) is 0 Å². The maximum absolute atomic E-state index is 14.9. The number of methoxy groups -OCH3 is 1. The smallest absolute Gasteiger partial charge is 0.319 e. The van der Waals surface area contributed by atoms with Gasteiger partial charge in [-0.1, -0.05) is 6.07 Å². The van der Waals surface area contributed by atoms with E-state index in [1.807, 2.05) is 18.3 Å². The lowest BCUT2D eigenvalue weighted by Crippen LogP contribution is -2.46. The van der Waals surface area contributed by atoms with Crippen molar-refractivity contribution in [2.45, 2.75) is 25.4 Å². The molecule has 214 valence electrons. The number of thiophene rings is 1. The van der Waals surface area contributed by atoms with Crippen LogP contribution in [0.4, 0.5) is 14.9 Å². The molecule has 3 aromatic heterocycles. The van der Waals surface area contributed by atoms with Gasteiger partial charge in [-0.25, -0.2) is 9.18 Å². The number of carbonyl (C=O) groups excluding carboxylic acids is 1. The standard InChI is InChI=1S/C30H33FN6O3S/c1-39-15-14-36-10-12-37(13-11-36)19-20-2-6-24(33-18-20)28-17-25-29(41-28)27(8-9-32-25)40-26-7-5-22(16-23(26)31)35-30(38)34-21-3-4-21/h2,5-9,16-18,21H,3-4,10-15,19H2,1H3,(H2,34,35,38). The van der Waals surface area contributed by atoms with Gasteiger partial charge >= 0.3 is 6.03 Å². The fourth-order valence-corrected chi connectivity index (χ4v) is 5.84. The van der Waals surface area contributed by atoms with Crippen molar-refractivity contribution in [2.24, 2.45) is 0 Å². The highest BCUT2D eigenvalue weighted by Crippen LogP contribution is 2.39. The minimum Gasteiger partial charge on any atom is -0.453 e. The largest absolute Gasteiger partial charge is 0.453 e. The van der Waals surface area contributed by atoms with Gasteiger partial charge in [0.15, 0.2) is 11.6 Å². The molecule has 2 fully saturated rings. The monoisotopic (exact) mass is 576 g/mol. The Bertz CT molecular complexity index is 1500. The molecular formula is C30H33FN6O3S. The number of aromatic nitrogens is 2. The summed E-state index contributed by atoms with van der Waals surface area (Å²) in [5.74, 6) is 0.0193. The number of benzene rings is 1. The number of urea groups is 1. The second-order valence-electron chi connectivity index (χ2n) is 10.4. The van der Waals surface area contributed by atoms with Crippen molar-refractivity contribution in [2.75, 3.05) is 51.8 Å². The van der Waals surface area contributed by atoms with Crippen molar-refractivity contribution in [3.8, 4) is 22.1 Å². The number of nitrogens with one attached hydrogen (secondary N) is 2. The Morgan fingerprint density at radius 2 is 1.88 bits per heavy atom. The van der Waals surface area contributed by atoms with E-state index in [0.717, 1.165) is 79.5 Å². The number of amides is 2. The highest BCUT2D eigenvalue weighted by Gasteiger charge is 2.23. The molecule has 0 atom stereocenters. The lowest BCUT2D eigenvalue weighted by molar-refractivity contribution is 0.0938. The zero-order chi connectivity index (χ0) is 28.2. The molecule has 2 aliphatic rings. The maximum Gasteiger partial charge on any atom is 0.319 e. The number of ether oxygens (including phenoxy) is 2. The molecule has 4 aromatic rings. The second-order valence-corrected chi connectivity index (χ2v) is 11.5. The van der Waals surface area contributed by atoms with Crippen LogP contribution in [0, 0.1) is 5.82 Å². The van der Waals surface area contributed by atoms with Crippen LogP contribution in [0.25, 0.3) is 20.8 Å². The van der Waals surface area contributed by atoms with Crippen LogP contribution in [0.2, 0.25) is 0 Å². The topological polar surface area (TPSA) is 91.9 Å². The Morgan fingerprint density at radius 1 is 1.05 bits per heavy atom. The molecule has 6 rings (SSSR count). The minimum atomic E-state index is -0.565. The van der Waals surface area contributed by atoms with Crippen molar-refractivity contribution >= 4 is 33.3 Å². The molecule has 0 bridgehead atoms. The number of hydrogen-bond acceptors (Lipinski definition) is 8. The van der Waals surface area contributed by atoms with Gasteiger partial charge in [0.1, 0.15) is 5.75 Å². The van der Waals surface area contributed by atoms with Gasteiger partial charge in [-0.2, -0.15) is 0 Å². The summed E-state index contributed by atoms with van der Waals surface area (Å²) in [7, 11) is 1.74. The molecule has 11 heteroatoms. The summed E-state index contributed by atoms with van der Waals surface area (Å²) < 4.78 is 26.9. The summed E-state index contributed by atoms with van der Waals surface area (Å²) in [6.45, 7) is 6.80. The molecule has 1 saturated heterocycles. The van der Waals surface area contributed by atoms with Crippen LogP contribution in [0.1, 0.15) is 18.4 Å². The summed E-state index contributed by atoms with van der Waals surface area (Å²) in [5, 5.41) is 5.48. The van der Waals surface area contributed by atoms with E-state index in [2.05, 4.69) is 31.5 Å². The first-order chi connectivity index (χ1) is 20.0. The molecule has 9 nitrogen and oxygen atoms in total. The first-order valence-electron chi connectivity index (χ1n) is 13.9. The van der Waals surface area contributed by atoms with Gasteiger partial charge in [0.05, 0.1) is 27.4 Å². The number of nitrogens with zero attached hydrogens (tertiary/aromatic N) is 4. The Labute approximate surface area is 242 Å². The molecule has 2 amide bonds. The van der Waals surface area contributed by atoms with Crippen LogP contribution in [0.5, 0.6) is 11.5 Å². The predicted octanol–water partition coefficient (Wildman–Crippen LogP) is 5.34. The van der Waals surface area contributed by atoms with Crippen LogP contribution >= 0.6 is 11.3 Å². The Morgan fingerprint density at radius 3 is 2.61 bits per heavy atom. The van der Waals surface area contributed by atoms with E-state index < -0.39 is 5.82 Å². The first-order valence-corrected chi connectivity index (χ1v) is 14.7. The predicted molar refractivity (Wildman–Crippen MR) is 158 cm³/mol. The zero-order valence-electron chi connectivity index (χ0n) is 22.9. The van der Waals surface area contributed by atoms with Crippen LogP contribution < -0.4 is 15.4 Å². The minimum absolute atomic E-state index is 0.0719. The van der Waals surface area contributed by atoms with Gasteiger partial charge in [-0.3, -0.25) is 19.8 Å². The van der Waals surface area contributed by atoms with Crippen LogP contribution in [-0.4, -0.2) is 78.3 Å². The molecule has 2 N–H and O–H groups in total. The van der Waals surface area contributed by atoms with E-state index in [9.17, 15) is 9.18 Å². The van der Waals surface area contributed by atoms with Crippen molar-refractivity contribution < 1.29 is 18.7 Å². The fraction of sp³-hybridized carbons (Fsp3) is 0.367. The third-order valence-electron chi connectivity index (χ3n) is 7.26. The van der Waals surface area contributed by atoms with Crippen molar-refractivity contribution in [3.63, 3.8) is 0 Å². The van der Waals surface area contributed by atoms with E-state index in [-0.39, 0.29) is 17.8 Å². The van der Waals surface area contributed by atoms with Crippen LogP contribution in [0.3, 0.4) is 0 Å². The van der Waals surface area contributed by atoms with Crippen molar-refractivity contribution in [3.05, 3.63) is 66.2 Å². The summed E-state index contributed by atoms with van der Waals surface area (Å²) >= 11 is 1.51. The average molecular weight is 577 g/mol. The van der Waals surface area contributed by atoms with E-state index in [4.69, 9.17) is 14.5 Å². The summed E-state index contributed by atoms with van der Waals surface area (Å²) in [6.07, 6.45) is 5.55. The molecule has 4 heterocycles. The van der Waals surface area contributed by atoms with Crippen LogP contribution in [0.15, 0.2) is 54.9 Å². The fourth-order valence-electron chi connectivity index (χ4n) is 4.79. The molecule has 1 aliphatic carbocycles. The van der Waals surface area contributed by atoms with E-state index in [1.54, 1.807) is 25.4 Å². The highest BCUT2D eigenvalue weighted by atomic mass is 32.1. The normalized spacial score (nSPS) is 16.1. The molecule has 1 aliphatic heterocycles. The van der Waals surface area contributed by atoms with E-state index in [0.29, 0.717) is 11.4 Å². The number of rotatable bonds is 10. The number of piperazine rings is 1. The number of pyridine rings is 2. The van der Waals surface area contributed by atoms with Gasteiger partial charge in [-0.15, -0.1) is 11.3 Å². The van der Waals surface area contributed by atoms with Crippen LogP contribution in [-0.2, 0) is 11.3 Å². The molecule has 41 heavy (non-hydrogen) atoms. The molecule has 1 aromatic carbocycles. The molecule has 1 saturated carbocycles. The first kappa shape index (κ1) is 27.5. The van der Waals surface area contributed by atoms with Gasteiger partial charge in [0.2, 0.25) is 0 Å². The lowest BCUT2D eigenvalue weighted by Gasteiger charge is -2.34. The number of hydrogen-bond donors (Lipinski definition) is 2. The average Bonchev–Trinajstić information content (AvgIpc) is 3.68. The van der Waals surface area contributed by atoms with Crippen molar-refractivity contribution in [1.82, 2.24) is 25.1 Å². The zero-order valence-corrected chi connectivity index (χ0v) is 23.8. The van der Waals surface area contributed by atoms with Crippen molar-refractivity contribution in [1.29, 1.82) is 0 Å². The van der Waals surface area contributed by atoms with Gasteiger partial charge in [-0.05, 0) is 42.7 Å². The third kappa shape index (κ3) is 6.99. The second kappa shape index (κ2) is 12.5. The molecule has 0 radical (unpaired) electrons. The quantitative estimate of drug-likeness (QED) is 0.263. The Balaban J connectivity index is 1.10. The molecule has 0 spiro atoms. The molecular weight excluding hydrogens is 543 g/mol. The number of anilines is 1. The number of fused-ring (bicyclic) bond motifs is 1. The Hall–Kier alpha value is -3.64. The maximum atomic E-state index is 14.9.